The molecule has 0 saturated carbocycles. The van der Waals surface area contributed by atoms with Gasteiger partial charge in [-0.05, 0) is 62.8 Å². The molecule has 3 heteroatoms. The molecule has 1 saturated heterocycles. The quantitative estimate of drug-likeness (QED) is 0.773. The van der Waals surface area contributed by atoms with Gasteiger partial charge in [0.1, 0.15) is 0 Å². The number of hydrogen-bond acceptors (Lipinski definition) is 2. The minimum Gasteiger partial charge on any atom is -0.378 e. The molecule has 1 heterocycles. The van der Waals surface area contributed by atoms with E-state index in [1.54, 1.807) is 0 Å². The van der Waals surface area contributed by atoms with Crippen LogP contribution in [0.5, 0.6) is 0 Å². The second kappa shape index (κ2) is 8.16. The summed E-state index contributed by atoms with van der Waals surface area (Å²) in [6.07, 6.45) is 6.64. The van der Waals surface area contributed by atoms with Gasteiger partial charge >= 0.3 is 0 Å². The molecule has 1 fully saturated rings. The number of halogens is 1. The van der Waals surface area contributed by atoms with E-state index in [1.165, 1.54) is 47.7 Å². The topological polar surface area (TPSA) is 21.3 Å². The van der Waals surface area contributed by atoms with Gasteiger partial charge in [-0.1, -0.05) is 35.0 Å². The van der Waals surface area contributed by atoms with Crippen molar-refractivity contribution in [3.8, 4) is 0 Å². The van der Waals surface area contributed by atoms with E-state index in [0.29, 0.717) is 12.1 Å². The Balaban J connectivity index is 1.89. The number of ether oxygens (including phenoxy) is 1. The molecule has 2 unspecified atom stereocenters. The molecule has 0 amide bonds. The van der Waals surface area contributed by atoms with Crippen LogP contribution in [-0.2, 0) is 4.74 Å². The second-order valence-electron chi connectivity index (χ2n) is 5.68. The summed E-state index contributed by atoms with van der Waals surface area (Å²) in [4.78, 5) is 0. The Morgan fingerprint density at radius 1 is 1.45 bits per heavy atom. The molecule has 0 spiro atoms. The van der Waals surface area contributed by atoms with Gasteiger partial charge in [0.05, 0.1) is 6.10 Å². The monoisotopic (exact) mass is 339 g/mol. The Morgan fingerprint density at radius 3 is 2.95 bits per heavy atom. The van der Waals surface area contributed by atoms with Gasteiger partial charge in [0.2, 0.25) is 0 Å². The van der Waals surface area contributed by atoms with Crippen molar-refractivity contribution in [2.75, 3.05) is 13.2 Å². The Kier molecular flexibility index (Phi) is 6.53. The molecule has 0 aromatic heterocycles. The zero-order valence-corrected chi connectivity index (χ0v) is 14.2. The molecule has 1 N–H and O–H groups in total. The van der Waals surface area contributed by atoms with Crippen LogP contribution in [0.15, 0.2) is 22.7 Å². The summed E-state index contributed by atoms with van der Waals surface area (Å²) >= 11 is 3.58. The zero-order chi connectivity index (χ0) is 14.4. The van der Waals surface area contributed by atoms with E-state index in [1.807, 2.05) is 0 Å². The summed E-state index contributed by atoms with van der Waals surface area (Å²) in [6.45, 7) is 6.31. The van der Waals surface area contributed by atoms with E-state index < -0.39 is 0 Å². The number of hydrogen-bond donors (Lipinski definition) is 1. The summed E-state index contributed by atoms with van der Waals surface area (Å²) in [5, 5.41) is 3.61. The van der Waals surface area contributed by atoms with Gasteiger partial charge < -0.3 is 10.1 Å². The molecule has 0 aliphatic carbocycles. The average Bonchev–Trinajstić information content (AvgIpc) is 2.94. The maximum absolute atomic E-state index is 5.71. The molecule has 0 radical (unpaired) electrons. The molecule has 1 aliphatic heterocycles. The average molecular weight is 340 g/mol. The van der Waals surface area contributed by atoms with Crippen LogP contribution in [0.1, 0.15) is 56.2 Å². The lowest BCUT2D eigenvalue weighted by molar-refractivity contribution is 0.101. The second-order valence-corrected chi connectivity index (χ2v) is 6.54. The van der Waals surface area contributed by atoms with E-state index in [0.717, 1.165) is 13.2 Å². The minimum atomic E-state index is 0.466. The van der Waals surface area contributed by atoms with Crippen LogP contribution < -0.4 is 5.32 Å². The van der Waals surface area contributed by atoms with Gasteiger partial charge in [-0.15, -0.1) is 0 Å². The van der Waals surface area contributed by atoms with Gasteiger partial charge in [-0.25, -0.2) is 0 Å². The highest BCUT2D eigenvalue weighted by atomic mass is 79.9. The van der Waals surface area contributed by atoms with Crippen molar-refractivity contribution in [3.05, 3.63) is 33.8 Å². The first-order valence-electron chi connectivity index (χ1n) is 7.81. The van der Waals surface area contributed by atoms with E-state index in [-0.39, 0.29) is 0 Å². The normalized spacial score (nSPS) is 20.2. The minimum absolute atomic E-state index is 0.466. The molecule has 1 aromatic carbocycles. The lowest BCUT2D eigenvalue weighted by Gasteiger charge is -2.20. The van der Waals surface area contributed by atoms with Crippen molar-refractivity contribution >= 4 is 15.9 Å². The van der Waals surface area contributed by atoms with Crippen LogP contribution in [0.25, 0.3) is 0 Å². The van der Waals surface area contributed by atoms with Crippen molar-refractivity contribution in [3.63, 3.8) is 0 Å². The third-order valence-corrected chi connectivity index (χ3v) is 4.97. The molecule has 2 atom stereocenters. The Hall–Kier alpha value is -0.380. The smallest absolute Gasteiger partial charge is 0.0576 e. The fourth-order valence-corrected chi connectivity index (χ4v) is 3.19. The van der Waals surface area contributed by atoms with Crippen molar-refractivity contribution in [1.29, 1.82) is 0 Å². The van der Waals surface area contributed by atoms with Crippen molar-refractivity contribution in [1.82, 2.24) is 5.32 Å². The third-order valence-electron chi connectivity index (χ3n) is 4.08. The molecule has 2 rings (SSSR count). The van der Waals surface area contributed by atoms with Gasteiger partial charge in [0, 0.05) is 17.1 Å². The Bertz CT molecular complexity index is 415. The molecule has 112 valence electrons. The molecular weight excluding hydrogens is 314 g/mol. The number of nitrogens with one attached hydrogen (secondary N) is 1. The lowest BCUT2D eigenvalue weighted by atomic mass is 9.98. The van der Waals surface area contributed by atoms with Crippen LogP contribution in [-0.4, -0.2) is 19.3 Å². The predicted molar refractivity (Wildman–Crippen MR) is 88.1 cm³/mol. The summed E-state index contributed by atoms with van der Waals surface area (Å²) in [6, 6.07) is 7.16. The van der Waals surface area contributed by atoms with Crippen molar-refractivity contribution in [2.45, 2.75) is 58.1 Å². The van der Waals surface area contributed by atoms with Crippen LogP contribution in [0.2, 0.25) is 0 Å². The maximum atomic E-state index is 5.71. The molecular formula is C17H26BrNO. The Labute approximate surface area is 131 Å². The molecule has 1 aromatic rings. The SMILES string of the molecule is CCNC(CCCC1CCCO1)c1ccc(Br)c(C)c1. The maximum Gasteiger partial charge on any atom is 0.0576 e. The highest BCUT2D eigenvalue weighted by molar-refractivity contribution is 9.10. The summed E-state index contributed by atoms with van der Waals surface area (Å²) in [5.41, 5.74) is 2.71. The summed E-state index contributed by atoms with van der Waals surface area (Å²) < 4.78 is 6.90. The fraction of sp³-hybridized carbons (Fsp3) is 0.647. The van der Waals surface area contributed by atoms with Crippen LogP contribution in [0.4, 0.5) is 0 Å². The van der Waals surface area contributed by atoms with E-state index in [2.05, 4.69) is 53.3 Å². The Morgan fingerprint density at radius 2 is 2.30 bits per heavy atom. The summed E-state index contributed by atoms with van der Waals surface area (Å²) in [5.74, 6) is 0. The zero-order valence-electron chi connectivity index (χ0n) is 12.6. The highest BCUT2D eigenvalue weighted by Crippen LogP contribution is 2.26. The number of benzene rings is 1. The predicted octanol–water partition coefficient (Wildman–Crippen LogP) is 4.76. The highest BCUT2D eigenvalue weighted by Gasteiger charge is 2.17. The van der Waals surface area contributed by atoms with Crippen LogP contribution >= 0.6 is 15.9 Å². The third kappa shape index (κ3) is 4.57. The van der Waals surface area contributed by atoms with Gasteiger partial charge in [-0.2, -0.15) is 0 Å². The molecule has 20 heavy (non-hydrogen) atoms. The van der Waals surface area contributed by atoms with Gasteiger partial charge in [0.15, 0.2) is 0 Å². The molecule has 2 nitrogen and oxygen atoms in total. The lowest BCUT2D eigenvalue weighted by Crippen LogP contribution is -2.21. The van der Waals surface area contributed by atoms with Crippen LogP contribution in [0.3, 0.4) is 0 Å². The first-order valence-corrected chi connectivity index (χ1v) is 8.61. The van der Waals surface area contributed by atoms with Gasteiger partial charge in [-0.3, -0.25) is 0 Å². The molecule has 1 aliphatic rings. The largest absolute Gasteiger partial charge is 0.378 e. The van der Waals surface area contributed by atoms with Crippen molar-refractivity contribution in [2.24, 2.45) is 0 Å². The van der Waals surface area contributed by atoms with Crippen molar-refractivity contribution < 1.29 is 4.74 Å². The van der Waals surface area contributed by atoms with Crippen LogP contribution in [0, 0.1) is 6.92 Å². The van der Waals surface area contributed by atoms with E-state index in [9.17, 15) is 0 Å². The van der Waals surface area contributed by atoms with Gasteiger partial charge in [0.25, 0.3) is 0 Å². The summed E-state index contributed by atoms with van der Waals surface area (Å²) in [7, 11) is 0. The standard InChI is InChI=1S/C17H26BrNO/c1-3-19-17(8-4-6-15-7-5-11-20-15)14-9-10-16(18)13(2)12-14/h9-10,12,15,17,19H,3-8,11H2,1-2H3. The first-order chi connectivity index (χ1) is 9.70. The first kappa shape index (κ1) is 16.0. The molecule has 0 bridgehead atoms. The number of rotatable bonds is 7. The van der Waals surface area contributed by atoms with E-state index >= 15 is 0 Å². The van der Waals surface area contributed by atoms with E-state index in [4.69, 9.17) is 4.74 Å². The fourth-order valence-electron chi connectivity index (χ4n) is 2.94. The number of aryl methyl sites for hydroxylation is 1.